The van der Waals surface area contributed by atoms with Crippen LogP contribution in [0.1, 0.15) is 52.0 Å². The van der Waals surface area contributed by atoms with Crippen molar-refractivity contribution in [3.8, 4) is 5.75 Å². The van der Waals surface area contributed by atoms with Crippen LogP contribution in [0.3, 0.4) is 0 Å². The number of carbonyl (C=O) groups is 3. The molecule has 1 aliphatic heterocycles. The standard InChI is InChI=1S/C27H35NO7/c1-6-12-34-19-10-8-18(9-11-19)23-22(27(31)35-14-13-33-7-2)17(4)28-20-15-16(3)21(26(30)32-5)25(29)24(20)23/h8-11,16,21,23,28H,6-7,12-15H2,1-5H3/t16-,21+,23+/m1/s1. The molecular formula is C27H35NO7. The fraction of sp³-hybridized carbons (Fsp3) is 0.519. The maximum atomic E-state index is 13.7. The zero-order valence-electron chi connectivity index (χ0n) is 21.1. The van der Waals surface area contributed by atoms with Crippen molar-refractivity contribution in [3.05, 3.63) is 52.4 Å². The van der Waals surface area contributed by atoms with Gasteiger partial charge >= 0.3 is 11.9 Å². The number of hydrogen-bond acceptors (Lipinski definition) is 8. The average Bonchev–Trinajstić information content (AvgIpc) is 2.84. The van der Waals surface area contributed by atoms with Crippen LogP contribution < -0.4 is 10.1 Å². The van der Waals surface area contributed by atoms with Crippen LogP contribution in [0, 0.1) is 11.8 Å². The van der Waals surface area contributed by atoms with Crippen LogP contribution in [-0.4, -0.2) is 51.3 Å². The molecule has 0 amide bonds. The highest BCUT2D eigenvalue weighted by Crippen LogP contribution is 2.45. The smallest absolute Gasteiger partial charge is 0.336 e. The van der Waals surface area contributed by atoms with E-state index < -0.39 is 23.8 Å². The predicted molar refractivity (Wildman–Crippen MR) is 130 cm³/mol. The molecule has 1 aliphatic carbocycles. The summed E-state index contributed by atoms with van der Waals surface area (Å²) in [6, 6.07) is 7.36. The lowest BCUT2D eigenvalue weighted by Gasteiger charge is -2.38. The van der Waals surface area contributed by atoms with E-state index in [1.54, 1.807) is 6.92 Å². The lowest BCUT2D eigenvalue weighted by Crippen LogP contribution is -2.43. The van der Waals surface area contributed by atoms with Gasteiger partial charge in [-0.05, 0) is 50.3 Å². The first-order valence-electron chi connectivity index (χ1n) is 12.1. The molecule has 0 fully saturated rings. The molecule has 0 unspecified atom stereocenters. The highest BCUT2D eigenvalue weighted by molar-refractivity contribution is 6.12. The molecule has 0 saturated carbocycles. The van der Waals surface area contributed by atoms with E-state index in [1.165, 1.54) is 7.11 Å². The van der Waals surface area contributed by atoms with Gasteiger partial charge in [0.15, 0.2) is 5.78 Å². The van der Waals surface area contributed by atoms with Crippen LogP contribution >= 0.6 is 0 Å². The molecule has 8 nitrogen and oxygen atoms in total. The van der Waals surface area contributed by atoms with Crippen molar-refractivity contribution in [2.45, 2.75) is 46.5 Å². The van der Waals surface area contributed by atoms with Crippen molar-refractivity contribution in [1.82, 2.24) is 5.32 Å². The van der Waals surface area contributed by atoms with Gasteiger partial charge in [-0.2, -0.15) is 0 Å². The van der Waals surface area contributed by atoms with Gasteiger partial charge in [-0.15, -0.1) is 0 Å². The van der Waals surface area contributed by atoms with Crippen LogP contribution in [0.4, 0.5) is 0 Å². The number of Topliss-reactive ketones (excluding diaryl/α,β-unsaturated/α-hetero) is 1. The van der Waals surface area contributed by atoms with E-state index in [2.05, 4.69) is 5.32 Å². The molecule has 0 spiro atoms. The minimum atomic E-state index is -0.927. The van der Waals surface area contributed by atoms with Crippen molar-refractivity contribution in [2.24, 2.45) is 11.8 Å². The van der Waals surface area contributed by atoms with Crippen molar-refractivity contribution < 1.29 is 33.3 Å². The number of ether oxygens (including phenoxy) is 4. The zero-order chi connectivity index (χ0) is 25.5. The molecule has 1 aromatic carbocycles. The fourth-order valence-corrected chi connectivity index (χ4v) is 4.68. The highest BCUT2D eigenvalue weighted by Gasteiger charge is 2.47. The van der Waals surface area contributed by atoms with Gasteiger partial charge in [-0.25, -0.2) is 4.79 Å². The Labute approximate surface area is 206 Å². The number of hydrogen-bond donors (Lipinski definition) is 1. The van der Waals surface area contributed by atoms with Crippen molar-refractivity contribution in [3.63, 3.8) is 0 Å². The number of rotatable bonds is 10. The molecule has 8 heteroatoms. The largest absolute Gasteiger partial charge is 0.494 e. The lowest BCUT2D eigenvalue weighted by atomic mass is 9.69. The van der Waals surface area contributed by atoms with Gasteiger partial charge < -0.3 is 24.3 Å². The molecular weight excluding hydrogens is 450 g/mol. The Morgan fingerprint density at radius 2 is 1.80 bits per heavy atom. The lowest BCUT2D eigenvalue weighted by molar-refractivity contribution is -0.151. The van der Waals surface area contributed by atoms with Gasteiger partial charge in [0.2, 0.25) is 0 Å². The molecule has 3 atom stereocenters. The van der Waals surface area contributed by atoms with E-state index in [4.69, 9.17) is 18.9 Å². The van der Waals surface area contributed by atoms with Gasteiger partial charge in [0.25, 0.3) is 0 Å². The van der Waals surface area contributed by atoms with Gasteiger partial charge in [0, 0.05) is 29.5 Å². The van der Waals surface area contributed by atoms with Crippen molar-refractivity contribution >= 4 is 17.7 Å². The number of dihydropyridines is 1. The van der Waals surface area contributed by atoms with Crippen molar-refractivity contribution in [2.75, 3.05) is 33.5 Å². The SMILES string of the molecule is CCCOc1ccc([C@H]2C(C(=O)OCCOCC)=C(C)NC3=C2C(=O)[C@@H](C(=O)OC)[C@H](C)C3)cc1. The van der Waals surface area contributed by atoms with Gasteiger partial charge in [-0.1, -0.05) is 26.0 Å². The summed E-state index contributed by atoms with van der Waals surface area (Å²) < 4.78 is 21.4. The summed E-state index contributed by atoms with van der Waals surface area (Å²) in [7, 11) is 1.28. The molecule has 35 heavy (non-hydrogen) atoms. The molecule has 0 saturated heterocycles. The van der Waals surface area contributed by atoms with Gasteiger partial charge in [0.05, 0.1) is 25.9 Å². The third-order valence-electron chi connectivity index (χ3n) is 6.31. The Kier molecular flexibility index (Phi) is 9.09. The summed E-state index contributed by atoms with van der Waals surface area (Å²) in [6.45, 7) is 9.05. The molecule has 3 rings (SSSR count). The van der Waals surface area contributed by atoms with Crippen LogP contribution in [0.5, 0.6) is 5.75 Å². The monoisotopic (exact) mass is 485 g/mol. The number of carbonyl (C=O) groups excluding carboxylic acids is 3. The Bertz CT molecular complexity index is 1010. The summed E-state index contributed by atoms with van der Waals surface area (Å²) in [5, 5.41) is 3.26. The first-order valence-corrected chi connectivity index (χ1v) is 12.1. The van der Waals surface area contributed by atoms with Crippen LogP contribution in [0.25, 0.3) is 0 Å². The normalized spacial score (nSPS) is 21.9. The van der Waals surface area contributed by atoms with Gasteiger partial charge in [0.1, 0.15) is 18.3 Å². The zero-order valence-corrected chi connectivity index (χ0v) is 21.1. The Balaban J connectivity index is 2.04. The molecule has 1 heterocycles. The maximum absolute atomic E-state index is 13.7. The summed E-state index contributed by atoms with van der Waals surface area (Å²) in [4.78, 5) is 39.5. The number of methoxy groups -OCH3 is 1. The van der Waals surface area contributed by atoms with Crippen LogP contribution in [0.15, 0.2) is 46.8 Å². The van der Waals surface area contributed by atoms with E-state index >= 15 is 0 Å². The van der Waals surface area contributed by atoms with E-state index in [0.717, 1.165) is 17.7 Å². The first kappa shape index (κ1) is 26.5. The Morgan fingerprint density at radius 3 is 2.43 bits per heavy atom. The second-order valence-corrected chi connectivity index (χ2v) is 8.79. The minimum Gasteiger partial charge on any atom is -0.494 e. The van der Waals surface area contributed by atoms with E-state index in [0.29, 0.717) is 42.2 Å². The fourth-order valence-electron chi connectivity index (χ4n) is 4.68. The Morgan fingerprint density at radius 1 is 1.09 bits per heavy atom. The van der Waals surface area contributed by atoms with E-state index in [-0.39, 0.29) is 24.9 Å². The predicted octanol–water partition coefficient (Wildman–Crippen LogP) is 3.67. The number of nitrogens with one attached hydrogen (secondary N) is 1. The number of benzene rings is 1. The minimum absolute atomic E-state index is 0.0988. The number of allylic oxidation sites excluding steroid dienone is 3. The Hall–Kier alpha value is -3.13. The summed E-state index contributed by atoms with van der Waals surface area (Å²) >= 11 is 0. The molecule has 2 aliphatic rings. The summed E-state index contributed by atoms with van der Waals surface area (Å²) in [5.74, 6) is -2.57. The number of ketones is 1. The topological polar surface area (TPSA) is 100 Å². The van der Waals surface area contributed by atoms with E-state index in [9.17, 15) is 14.4 Å². The third-order valence-corrected chi connectivity index (χ3v) is 6.31. The summed E-state index contributed by atoms with van der Waals surface area (Å²) in [5.41, 5.74) is 2.84. The van der Waals surface area contributed by atoms with E-state index in [1.807, 2.05) is 45.0 Å². The van der Waals surface area contributed by atoms with Crippen LogP contribution in [0.2, 0.25) is 0 Å². The van der Waals surface area contributed by atoms with Crippen molar-refractivity contribution in [1.29, 1.82) is 0 Å². The molecule has 190 valence electrons. The number of esters is 2. The highest BCUT2D eigenvalue weighted by atomic mass is 16.6. The molecule has 1 aromatic rings. The molecule has 0 bridgehead atoms. The van der Waals surface area contributed by atoms with Gasteiger partial charge in [-0.3, -0.25) is 9.59 Å². The molecule has 1 N–H and O–H groups in total. The second kappa shape index (κ2) is 12.0. The maximum Gasteiger partial charge on any atom is 0.336 e. The van der Waals surface area contributed by atoms with Crippen LogP contribution in [-0.2, 0) is 28.6 Å². The average molecular weight is 486 g/mol. The summed E-state index contributed by atoms with van der Waals surface area (Å²) in [6.07, 6.45) is 1.37. The molecule has 0 aromatic heterocycles. The first-order chi connectivity index (χ1) is 16.8. The third kappa shape index (κ3) is 5.75. The quantitative estimate of drug-likeness (QED) is 0.304. The molecule has 0 radical (unpaired) electrons. The second-order valence-electron chi connectivity index (χ2n) is 8.79.